The van der Waals surface area contributed by atoms with Gasteiger partial charge in [0, 0.05) is 37.4 Å². The van der Waals surface area contributed by atoms with Crippen molar-refractivity contribution in [1.82, 2.24) is 19.9 Å². The standard InChI is InChI=1S/C25H23FN6O/c1-17-3-2-4-20(15-17)29-25(33)32-13-11-31(12-14-32)24-23-22(27-16-28-24)10-9-21(30-23)18-5-7-19(26)8-6-18/h2-10,15-16H,11-14H2,1H3,(H,29,33). The molecule has 2 aromatic heterocycles. The van der Waals surface area contributed by atoms with E-state index in [2.05, 4.69) is 20.2 Å². The Balaban J connectivity index is 1.33. The number of aryl methyl sites for hydroxylation is 1. The zero-order chi connectivity index (χ0) is 22.8. The fraction of sp³-hybridized carbons (Fsp3) is 0.200. The van der Waals surface area contributed by atoms with Crippen molar-refractivity contribution in [2.75, 3.05) is 36.4 Å². The summed E-state index contributed by atoms with van der Waals surface area (Å²) >= 11 is 0. The highest BCUT2D eigenvalue weighted by molar-refractivity contribution is 5.90. The van der Waals surface area contributed by atoms with Crippen molar-refractivity contribution < 1.29 is 9.18 Å². The van der Waals surface area contributed by atoms with E-state index >= 15 is 0 Å². The number of rotatable bonds is 3. The molecule has 2 aromatic carbocycles. The minimum absolute atomic E-state index is 0.107. The lowest BCUT2D eigenvalue weighted by Crippen LogP contribution is -2.50. The van der Waals surface area contributed by atoms with Gasteiger partial charge in [0.25, 0.3) is 0 Å². The van der Waals surface area contributed by atoms with E-state index in [4.69, 9.17) is 4.98 Å². The molecule has 1 saturated heterocycles. The molecule has 1 N–H and O–H groups in total. The highest BCUT2D eigenvalue weighted by atomic mass is 19.1. The number of amides is 2. The summed E-state index contributed by atoms with van der Waals surface area (Å²) in [5, 5.41) is 2.97. The number of halogens is 1. The van der Waals surface area contributed by atoms with Crippen molar-refractivity contribution in [1.29, 1.82) is 0 Å². The predicted molar refractivity (Wildman–Crippen MR) is 127 cm³/mol. The molecule has 0 bridgehead atoms. The minimum Gasteiger partial charge on any atom is -0.351 e. The fourth-order valence-electron chi connectivity index (χ4n) is 3.99. The van der Waals surface area contributed by atoms with Crippen LogP contribution < -0.4 is 10.2 Å². The van der Waals surface area contributed by atoms with Crippen LogP contribution in [0.5, 0.6) is 0 Å². The van der Waals surface area contributed by atoms with E-state index in [-0.39, 0.29) is 11.8 Å². The summed E-state index contributed by atoms with van der Waals surface area (Å²) in [6, 6.07) is 17.7. The molecule has 33 heavy (non-hydrogen) atoms. The second-order valence-corrected chi connectivity index (χ2v) is 8.04. The van der Waals surface area contributed by atoms with E-state index in [1.807, 2.05) is 43.3 Å². The SMILES string of the molecule is Cc1cccc(NC(=O)N2CCN(c3ncnc4ccc(-c5ccc(F)cc5)nc34)CC2)c1. The average molecular weight is 442 g/mol. The van der Waals surface area contributed by atoms with Crippen LogP contribution in [0.1, 0.15) is 5.56 Å². The van der Waals surface area contributed by atoms with Crippen LogP contribution in [0.3, 0.4) is 0 Å². The summed E-state index contributed by atoms with van der Waals surface area (Å²) in [7, 11) is 0. The molecule has 166 valence electrons. The van der Waals surface area contributed by atoms with Gasteiger partial charge in [-0.2, -0.15) is 0 Å². The van der Waals surface area contributed by atoms with E-state index in [0.29, 0.717) is 31.7 Å². The van der Waals surface area contributed by atoms with Crippen LogP contribution in [0.25, 0.3) is 22.3 Å². The molecule has 0 aliphatic carbocycles. The number of anilines is 2. The molecular formula is C25H23FN6O. The molecule has 0 spiro atoms. The van der Waals surface area contributed by atoms with Crippen LogP contribution in [-0.4, -0.2) is 52.1 Å². The van der Waals surface area contributed by atoms with Crippen LogP contribution in [-0.2, 0) is 0 Å². The Kier molecular flexibility index (Phi) is 5.56. The highest BCUT2D eigenvalue weighted by Gasteiger charge is 2.24. The maximum Gasteiger partial charge on any atom is 0.321 e. The summed E-state index contributed by atoms with van der Waals surface area (Å²) in [5.74, 6) is 0.454. The van der Waals surface area contributed by atoms with Gasteiger partial charge in [-0.15, -0.1) is 0 Å². The number of hydrogen-bond acceptors (Lipinski definition) is 5. The normalized spacial score (nSPS) is 13.9. The van der Waals surface area contributed by atoms with Crippen molar-refractivity contribution >= 4 is 28.6 Å². The first-order valence-electron chi connectivity index (χ1n) is 10.8. The van der Waals surface area contributed by atoms with Crippen molar-refractivity contribution in [3.8, 4) is 11.3 Å². The molecule has 0 radical (unpaired) electrons. The van der Waals surface area contributed by atoms with Crippen molar-refractivity contribution in [2.24, 2.45) is 0 Å². The van der Waals surface area contributed by atoms with E-state index in [1.54, 1.807) is 17.0 Å². The van der Waals surface area contributed by atoms with Gasteiger partial charge in [0.05, 0.1) is 11.2 Å². The molecular weight excluding hydrogens is 419 g/mol. The molecule has 1 fully saturated rings. The first-order valence-corrected chi connectivity index (χ1v) is 10.8. The van der Waals surface area contributed by atoms with E-state index in [9.17, 15) is 9.18 Å². The van der Waals surface area contributed by atoms with Crippen LogP contribution in [0.4, 0.5) is 20.7 Å². The third-order valence-corrected chi connectivity index (χ3v) is 5.74. The monoisotopic (exact) mass is 442 g/mol. The first-order chi connectivity index (χ1) is 16.1. The van der Waals surface area contributed by atoms with Crippen LogP contribution in [0.2, 0.25) is 0 Å². The second kappa shape index (κ2) is 8.82. The summed E-state index contributed by atoms with van der Waals surface area (Å²) < 4.78 is 13.3. The third-order valence-electron chi connectivity index (χ3n) is 5.74. The first kappa shape index (κ1) is 20.8. The fourth-order valence-corrected chi connectivity index (χ4v) is 3.99. The van der Waals surface area contributed by atoms with E-state index < -0.39 is 0 Å². The van der Waals surface area contributed by atoms with Gasteiger partial charge in [-0.1, -0.05) is 12.1 Å². The van der Waals surface area contributed by atoms with Crippen LogP contribution in [0.15, 0.2) is 67.0 Å². The van der Waals surface area contributed by atoms with Gasteiger partial charge in [0.2, 0.25) is 0 Å². The van der Waals surface area contributed by atoms with Crippen molar-refractivity contribution in [3.63, 3.8) is 0 Å². The summed E-state index contributed by atoms with van der Waals surface area (Å²) in [4.78, 5) is 30.3. The number of benzene rings is 2. The topological polar surface area (TPSA) is 74.2 Å². The number of urea groups is 1. The Hall–Kier alpha value is -4.07. The Bertz CT molecular complexity index is 1300. The Morgan fingerprint density at radius 2 is 1.76 bits per heavy atom. The number of nitrogens with one attached hydrogen (secondary N) is 1. The number of carbonyl (C=O) groups excluding carboxylic acids is 1. The summed E-state index contributed by atoms with van der Waals surface area (Å²) in [5.41, 5.74) is 4.88. The molecule has 3 heterocycles. The quantitative estimate of drug-likeness (QED) is 0.506. The smallest absolute Gasteiger partial charge is 0.321 e. The Morgan fingerprint density at radius 1 is 0.970 bits per heavy atom. The number of fused-ring (bicyclic) bond motifs is 1. The zero-order valence-electron chi connectivity index (χ0n) is 18.2. The lowest BCUT2D eigenvalue weighted by molar-refractivity contribution is 0.208. The van der Waals surface area contributed by atoms with Crippen LogP contribution in [0, 0.1) is 12.7 Å². The number of carbonyl (C=O) groups is 1. The molecule has 8 heteroatoms. The van der Waals surface area contributed by atoms with Gasteiger partial charge in [-0.25, -0.2) is 24.1 Å². The molecule has 4 aromatic rings. The molecule has 1 aliphatic rings. The average Bonchev–Trinajstić information content (AvgIpc) is 2.84. The zero-order valence-corrected chi connectivity index (χ0v) is 18.2. The van der Waals surface area contributed by atoms with Crippen molar-refractivity contribution in [3.05, 3.63) is 78.4 Å². The maximum absolute atomic E-state index is 13.3. The largest absolute Gasteiger partial charge is 0.351 e. The van der Waals surface area contributed by atoms with Gasteiger partial charge in [-0.05, 0) is 61.0 Å². The molecule has 5 rings (SSSR count). The van der Waals surface area contributed by atoms with E-state index in [1.165, 1.54) is 18.5 Å². The van der Waals surface area contributed by atoms with Gasteiger partial charge in [0.15, 0.2) is 5.82 Å². The number of nitrogens with zero attached hydrogens (tertiary/aromatic N) is 5. The number of hydrogen-bond donors (Lipinski definition) is 1. The number of pyridine rings is 1. The molecule has 0 saturated carbocycles. The van der Waals surface area contributed by atoms with Gasteiger partial charge in [-0.3, -0.25) is 0 Å². The Labute approximate surface area is 190 Å². The molecule has 0 unspecified atom stereocenters. The molecule has 2 amide bonds. The van der Waals surface area contributed by atoms with Gasteiger partial charge < -0.3 is 15.1 Å². The third kappa shape index (κ3) is 4.45. The lowest BCUT2D eigenvalue weighted by atomic mass is 10.1. The molecule has 1 aliphatic heterocycles. The van der Waals surface area contributed by atoms with Gasteiger partial charge >= 0.3 is 6.03 Å². The van der Waals surface area contributed by atoms with Gasteiger partial charge in [0.1, 0.15) is 17.7 Å². The maximum atomic E-state index is 13.3. The molecule has 0 atom stereocenters. The minimum atomic E-state index is -0.284. The number of piperazine rings is 1. The van der Waals surface area contributed by atoms with E-state index in [0.717, 1.165) is 33.8 Å². The Morgan fingerprint density at radius 3 is 2.52 bits per heavy atom. The second-order valence-electron chi connectivity index (χ2n) is 8.04. The number of aromatic nitrogens is 3. The highest BCUT2D eigenvalue weighted by Crippen LogP contribution is 2.26. The summed E-state index contributed by atoms with van der Waals surface area (Å²) in [6.45, 7) is 4.41. The summed E-state index contributed by atoms with van der Waals surface area (Å²) in [6.07, 6.45) is 1.54. The van der Waals surface area contributed by atoms with Crippen LogP contribution >= 0.6 is 0 Å². The molecule has 7 nitrogen and oxygen atoms in total. The lowest BCUT2D eigenvalue weighted by Gasteiger charge is -2.35. The van der Waals surface area contributed by atoms with Crippen molar-refractivity contribution in [2.45, 2.75) is 6.92 Å². The predicted octanol–water partition coefficient (Wildman–Crippen LogP) is 4.49.